The lowest BCUT2D eigenvalue weighted by Gasteiger charge is -2.36. The van der Waals surface area contributed by atoms with Crippen LogP contribution in [0.25, 0.3) is 16.7 Å². The van der Waals surface area contributed by atoms with E-state index in [9.17, 15) is 54.3 Å². The molecule has 0 saturated carbocycles. The average molecular weight is 2050 g/mol. The van der Waals surface area contributed by atoms with E-state index in [1.54, 1.807) is 111 Å². The van der Waals surface area contributed by atoms with Gasteiger partial charge in [0.15, 0.2) is 27.2 Å². The zero-order chi connectivity index (χ0) is 96.9. The highest BCUT2D eigenvalue weighted by molar-refractivity contribution is 14.1. The van der Waals surface area contributed by atoms with Gasteiger partial charge >= 0.3 is 12.2 Å². The first-order valence-electron chi connectivity index (χ1n) is 45.1. The Morgan fingerprint density at radius 2 is 0.813 bits per heavy atom. The van der Waals surface area contributed by atoms with Crippen molar-refractivity contribution >= 4 is 134 Å². The van der Waals surface area contributed by atoms with Crippen molar-refractivity contribution in [3.05, 3.63) is 299 Å². The molecule has 134 heavy (non-hydrogen) atoms. The van der Waals surface area contributed by atoms with Gasteiger partial charge in [-0.2, -0.15) is 8.61 Å². The fourth-order valence-electron chi connectivity index (χ4n) is 17.8. The summed E-state index contributed by atoms with van der Waals surface area (Å²) in [4.78, 5) is 65.7. The summed E-state index contributed by atoms with van der Waals surface area (Å²) < 4.78 is 122. The molecule has 0 aliphatic heterocycles. The van der Waals surface area contributed by atoms with Crippen LogP contribution in [-0.2, 0) is 119 Å². The molecule has 1 N–H and O–H groups in total. The number of ether oxygens (including phenoxy) is 7. The summed E-state index contributed by atoms with van der Waals surface area (Å²) in [6.45, 7) is 19.8. The van der Waals surface area contributed by atoms with Crippen LogP contribution in [0, 0.1) is 29.6 Å². The van der Waals surface area contributed by atoms with E-state index in [2.05, 4.69) is 68.5 Å². The Labute approximate surface area is 817 Å². The van der Waals surface area contributed by atoms with E-state index in [-0.39, 0.29) is 62.8 Å². The number of aliphatic hydroxyl groups is 1. The molecule has 2 amide bonds. The molecule has 9 aromatic rings. The zero-order valence-corrected chi connectivity index (χ0v) is 84.8. The van der Waals surface area contributed by atoms with Crippen LogP contribution in [0.4, 0.5) is 9.59 Å². The lowest BCUT2D eigenvalue weighted by Crippen LogP contribution is -2.49. The third-order valence-corrected chi connectivity index (χ3v) is 31.3. The van der Waals surface area contributed by atoms with Gasteiger partial charge in [-0.15, -0.1) is 0 Å². The minimum atomic E-state index is -4.25. The molecule has 6 aliphatic rings. The van der Waals surface area contributed by atoms with Crippen LogP contribution in [0.1, 0.15) is 181 Å². The quantitative estimate of drug-likeness (QED) is 0.0389. The monoisotopic (exact) mass is 2050 g/mol. The third kappa shape index (κ3) is 25.8. The Hall–Kier alpha value is -10.0. The standard InChI is InChI=1S/C38H44ClNO7S.C30H29ClO5S.C22H25ClINO4S.C16H20O3/c1-24(2)23-46-34-22-28(36(41)35(34)25-10-15-31(45-6)16-11-25)20-26-8-7-9-27-21-30(14-19-33(26)27)40(37(42)47-38(3,4)5)48(43,44)32-17-12-29(39)13-18-32;1-36-25-10-6-20(7-11-25)29-28(32)17-23(30(29)33)16-22-4-2-3-21-15-19(5-14-27(21)22)18-37(34,35)26-12-8-24(31)9-13-26;1-22(2,3)29-21(26)25(30(27,28)19-10-7-17(23)8-11-19)18-9-12-20-15(13-18)5-4-6-16(20)14-24;1-11(2)10-19-15-9-8-14(17)16(15)12-4-6-13(18-3)7-5-12/h7-13,15-18,24,28,30H,14,19-23H2,1-6H3;2-4,6-13,19,23,33H,5,14-18H2,1H3;4-8,10-11,18H,9,12-14H2,1-3H3;4-7,11H,8-10H2,1-3H3. The number of hydrogen-bond acceptors (Lipinski definition) is 19. The van der Waals surface area contributed by atoms with E-state index in [4.69, 9.17) is 68.0 Å². The number of hydrogen-bond donors (Lipinski definition) is 1. The summed E-state index contributed by atoms with van der Waals surface area (Å²) in [7, 11) is -6.94. The number of alkyl halides is 1. The Morgan fingerprint density at radius 1 is 0.433 bits per heavy atom. The second-order valence-corrected chi connectivity index (χ2v) is 45.0. The molecule has 9 aromatic carbocycles. The van der Waals surface area contributed by atoms with E-state index < -0.39 is 65.4 Å². The zero-order valence-electron chi connectivity index (χ0n) is 78.0. The van der Waals surface area contributed by atoms with E-state index in [1.807, 2.05) is 84.9 Å². The van der Waals surface area contributed by atoms with Gasteiger partial charge in [0, 0.05) is 57.0 Å². The maximum absolute atomic E-state index is 14.0. The predicted molar refractivity (Wildman–Crippen MR) is 533 cm³/mol. The molecule has 0 radical (unpaired) electrons. The van der Waals surface area contributed by atoms with Crippen LogP contribution < -0.4 is 14.2 Å². The Bertz CT molecular complexity index is 6210. The molecule has 0 saturated heterocycles. The first kappa shape index (κ1) is 103. The molecule has 0 bridgehead atoms. The first-order valence-corrected chi connectivity index (χ1v) is 52.3. The SMILES string of the molecule is CC(C)(C)OC(=O)N(C1CCc2c(CI)cccc2C1)S(=O)(=O)c1ccc(Cl)cc1.COc1ccc(C2=C(O)C(Cc3cccc4c3CCC(CS(=O)(=O)c3ccc(Cl)cc3)C4)CC2=O)cc1.COc1ccc(C2=C(OCC(C)C)CC(Cc3cccc4c3CCC(N(C(=O)OC(C)(C)C)S(=O)(=O)c3ccc(Cl)cc3)C4)C2=O)cc1.COc1ccc(C2=C(OCC(C)C)CCC2=O)cc1. The number of Topliss-reactive ketones (excluding diaryl/α,β-unsaturated/α-hetero) is 3. The van der Waals surface area contributed by atoms with Gasteiger partial charge in [0.25, 0.3) is 20.0 Å². The van der Waals surface area contributed by atoms with Gasteiger partial charge in [0.05, 0.1) is 83.8 Å². The summed E-state index contributed by atoms with van der Waals surface area (Å²) >= 11 is 20.2. The van der Waals surface area contributed by atoms with Gasteiger partial charge in [-0.25, -0.2) is 34.8 Å². The van der Waals surface area contributed by atoms with E-state index in [0.29, 0.717) is 156 Å². The van der Waals surface area contributed by atoms with Gasteiger partial charge in [0.1, 0.15) is 45.7 Å². The molecule has 5 unspecified atom stereocenters. The number of ketones is 3. The molecule has 21 nitrogen and oxygen atoms in total. The molecule has 0 heterocycles. The lowest BCUT2D eigenvalue weighted by atomic mass is 9.80. The summed E-state index contributed by atoms with van der Waals surface area (Å²) in [6, 6.07) is 57.2. The number of sulfonamides is 2. The largest absolute Gasteiger partial charge is 0.511 e. The molecule has 712 valence electrons. The maximum atomic E-state index is 14.0. The lowest BCUT2D eigenvalue weighted by molar-refractivity contribution is -0.116. The van der Waals surface area contributed by atoms with E-state index >= 15 is 0 Å². The fourth-order valence-corrected chi connectivity index (χ4v) is 23.5. The topological polar surface area (TPSA) is 279 Å². The number of fused-ring (bicyclic) bond motifs is 3. The molecule has 0 fully saturated rings. The van der Waals surface area contributed by atoms with Crippen LogP contribution in [0.15, 0.2) is 232 Å². The number of methoxy groups -OCH3 is 3. The number of amides is 2. The fraction of sp³-hybridized carbons (Fsp3) is 0.387. The number of benzene rings is 9. The summed E-state index contributed by atoms with van der Waals surface area (Å²) in [5.41, 5.74) is 12.7. The average Bonchev–Trinajstić information content (AvgIpc) is 0.856. The van der Waals surface area contributed by atoms with Crippen LogP contribution in [0.3, 0.4) is 0 Å². The van der Waals surface area contributed by atoms with Gasteiger partial charge in [-0.3, -0.25) is 14.4 Å². The Kier molecular flexibility index (Phi) is 34.5. The predicted octanol–water partition coefficient (Wildman–Crippen LogP) is 23.3. The smallest absolute Gasteiger partial charge is 0.424 e. The first-order chi connectivity index (χ1) is 63.6. The Balaban J connectivity index is 0.000000168. The van der Waals surface area contributed by atoms with Crippen molar-refractivity contribution in [3.8, 4) is 17.2 Å². The summed E-state index contributed by atoms with van der Waals surface area (Å²) in [5, 5.41) is 12.3. The number of carbonyl (C=O) groups excluding carboxylic acids is 5. The number of sulfone groups is 1. The molecule has 0 spiro atoms. The van der Waals surface area contributed by atoms with Gasteiger partial charge in [-0.1, -0.05) is 176 Å². The van der Waals surface area contributed by atoms with E-state index in [0.717, 1.165) is 87.5 Å². The second kappa shape index (κ2) is 44.9. The van der Waals surface area contributed by atoms with Crippen molar-refractivity contribution in [1.82, 2.24) is 8.61 Å². The molecular formula is C106H118Cl3IN2O19S3. The maximum Gasteiger partial charge on any atom is 0.424 e. The number of rotatable bonds is 26. The minimum Gasteiger partial charge on any atom is -0.511 e. The highest BCUT2D eigenvalue weighted by Gasteiger charge is 2.45. The van der Waals surface area contributed by atoms with Crippen molar-refractivity contribution in [3.63, 3.8) is 0 Å². The normalized spacial score (nSPS) is 17.8. The molecule has 6 aliphatic carbocycles. The number of nitrogens with zero attached hydrogens (tertiary/aromatic N) is 2. The molecule has 28 heteroatoms. The Morgan fingerprint density at radius 3 is 1.23 bits per heavy atom. The van der Waals surface area contributed by atoms with Crippen LogP contribution in [-0.4, -0.2) is 132 Å². The highest BCUT2D eigenvalue weighted by atomic mass is 127. The van der Waals surface area contributed by atoms with Crippen molar-refractivity contribution < 1.29 is 87.5 Å². The van der Waals surface area contributed by atoms with Crippen LogP contribution in [0.5, 0.6) is 17.2 Å². The van der Waals surface area contributed by atoms with E-state index in [1.165, 1.54) is 65.2 Å². The van der Waals surface area contributed by atoms with Crippen LogP contribution in [0.2, 0.25) is 15.1 Å². The van der Waals surface area contributed by atoms with Gasteiger partial charge in [0.2, 0.25) is 0 Å². The van der Waals surface area contributed by atoms with Crippen molar-refractivity contribution in [1.29, 1.82) is 0 Å². The highest BCUT2D eigenvalue weighted by Crippen LogP contribution is 2.44. The second-order valence-electron chi connectivity index (χ2n) is 37.3. The number of carbonyl (C=O) groups is 5. The van der Waals surface area contributed by atoms with Crippen molar-refractivity contribution in [2.75, 3.05) is 40.3 Å². The number of aliphatic hydroxyl groups excluding tert-OH is 1. The molecular weight excluding hydrogens is 1930 g/mol. The van der Waals surface area contributed by atoms with Gasteiger partial charge < -0.3 is 38.3 Å². The number of halogens is 4. The molecule has 5 atom stereocenters. The number of allylic oxidation sites excluding steroid dienone is 6. The minimum absolute atomic E-state index is 0.0181. The third-order valence-electron chi connectivity index (χ3n) is 24.2. The summed E-state index contributed by atoms with van der Waals surface area (Å²) in [6.07, 6.45) is 6.65. The van der Waals surface area contributed by atoms with Crippen LogP contribution >= 0.6 is 57.4 Å². The summed E-state index contributed by atoms with van der Waals surface area (Å²) in [5.74, 6) is 4.42. The molecule has 15 rings (SSSR count). The van der Waals surface area contributed by atoms with Gasteiger partial charge in [-0.05, 0) is 306 Å². The van der Waals surface area contributed by atoms with Crippen molar-refractivity contribution in [2.24, 2.45) is 29.6 Å². The van der Waals surface area contributed by atoms with Crippen molar-refractivity contribution in [2.45, 2.75) is 208 Å². The molecule has 0 aromatic heterocycles.